The molecule has 8 nitrogen and oxygen atoms in total. The molecule has 5 rings (SSSR count). The highest BCUT2D eigenvalue weighted by molar-refractivity contribution is 7.89. The van der Waals surface area contributed by atoms with E-state index in [1.807, 2.05) is 0 Å². The highest BCUT2D eigenvalue weighted by atomic mass is 32.2. The molecule has 5 fully saturated rings. The molecule has 4 saturated heterocycles. The standard InChI is InChI=1S/C18H31F3N6O2S/c19-18(20,21)13-9-24-26(11-13)16-5-4-14(10-22-16)30(28,29)27-7-6-25-17-12(8-23-25)2-1-3-15(17)27/h12-17,22-24H,1-11H2. The summed E-state index contributed by atoms with van der Waals surface area (Å²) in [6, 6.07) is 0.294. The van der Waals surface area contributed by atoms with Crippen molar-refractivity contribution in [3.63, 3.8) is 0 Å². The molecule has 5 aliphatic rings. The summed E-state index contributed by atoms with van der Waals surface area (Å²) in [7, 11) is -3.46. The van der Waals surface area contributed by atoms with E-state index in [4.69, 9.17) is 0 Å². The average molecular weight is 453 g/mol. The van der Waals surface area contributed by atoms with Crippen LogP contribution in [0.1, 0.15) is 32.1 Å². The van der Waals surface area contributed by atoms with Crippen LogP contribution in [0.3, 0.4) is 0 Å². The lowest BCUT2D eigenvalue weighted by atomic mass is 9.81. The van der Waals surface area contributed by atoms with Crippen molar-refractivity contribution < 1.29 is 21.6 Å². The molecule has 1 aliphatic carbocycles. The van der Waals surface area contributed by atoms with Gasteiger partial charge in [-0.1, -0.05) is 6.42 Å². The Morgan fingerprint density at radius 1 is 0.900 bits per heavy atom. The van der Waals surface area contributed by atoms with Gasteiger partial charge in [-0.05, 0) is 31.6 Å². The third kappa shape index (κ3) is 3.67. The van der Waals surface area contributed by atoms with E-state index in [1.165, 1.54) is 0 Å². The van der Waals surface area contributed by atoms with E-state index in [2.05, 4.69) is 21.2 Å². The van der Waals surface area contributed by atoms with E-state index in [1.54, 1.807) is 9.31 Å². The molecule has 0 radical (unpaired) electrons. The third-order valence-corrected chi connectivity index (χ3v) is 10.0. The van der Waals surface area contributed by atoms with Gasteiger partial charge < -0.3 is 0 Å². The second-order valence-electron chi connectivity index (χ2n) is 9.34. The Hall–Kier alpha value is -0.500. The number of halogens is 3. The summed E-state index contributed by atoms with van der Waals surface area (Å²) >= 11 is 0. The van der Waals surface area contributed by atoms with Crippen molar-refractivity contribution in [2.24, 2.45) is 11.8 Å². The van der Waals surface area contributed by atoms with Crippen LogP contribution >= 0.6 is 0 Å². The Labute approximate surface area is 175 Å². The fourth-order valence-electron chi connectivity index (χ4n) is 6.08. The van der Waals surface area contributed by atoms with Crippen molar-refractivity contribution in [2.75, 3.05) is 39.3 Å². The lowest BCUT2D eigenvalue weighted by Crippen LogP contribution is -2.65. The minimum atomic E-state index is -4.21. The third-order valence-electron chi connectivity index (χ3n) is 7.69. The number of piperidine rings is 1. The fourth-order valence-corrected chi connectivity index (χ4v) is 8.15. The Balaban J connectivity index is 1.22. The second-order valence-corrected chi connectivity index (χ2v) is 11.5. The number of nitrogens with one attached hydrogen (secondary N) is 3. The largest absolute Gasteiger partial charge is 0.394 e. The maximum Gasteiger partial charge on any atom is 0.394 e. The molecule has 0 aromatic heterocycles. The number of hydrogen-bond donors (Lipinski definition) is 3. The number of hydrogen-bond acceptors (Lipinski definition) is 7. The van der Waals surface area contributed by atoms with Crippen LogP contribution in [0.15, 0.2) is 0 Å². The van der Waals surface area contributed by atoms with Crippen LogP contribution in [0.4, 0.5) is 13.2 Å². The molecule has 1 saturated carbocycles. The van der Waals surface area contributed by atoms with E-state index in [9.17, 15) is 21.6 Å². The van der Waals surface area contributed by atoms with Crippen molar-refractivity contribution in [2.45, 2.75) is 61.8 Å². The summed E-state index contributed by atoms with van der Waals surface area (Å²) in [6.45, 7) is 2.20. The van der Waals surface area contributed by atoms with E-state index in [0.29, 0.717) is 31.8 Å². The van der Waals surface area contributed by atoms with Crippen molar-refractivity contribution in [1.82, 2.24) is 30.5 Å². The molecular formula is C18H31F3N6O2S. The first-order valence-electron chi connectivity index (χ1n) is 11.1. The van der Waals surface area contributed by atoms with E-state index < -0.39 is 27.4 Å². The topological polar surface area (TPSA) is 80.0 Å². The predicted octanol–water partition coefficient (Wildman–Crippen LogP) is 0.0661. The first-order valence-corrected chi connectivity index (χ1v) is 12.6. The molecule has 30 heavy (non-hydrogen) atoms. The minimum Gasteiger partial charge on any atom is -0.299 e. The molecule has 0 aromatic carbocycles. The molecule has 0 spiro atoms. The Morgan fingerprint density at radius 2 is 1.70 bits per heavy atom. The molecule has 4 aliphatic heterocycles. The minimum absolute atomic E-state index is 0.0306. The molecule has 0 bridgehead atoms. The highest BCUT2D eigenvalue weighted by Crippen LogP contribution is 2.39. The monoisotopic (exact) mass is 452 g/mol. The van der Waals surface area contributed by atoms with E-state index in [0.717, 1.165) is 25.8 Å². The highest BCUT2D eigenvalue weighted by Gasteiger charge is 2.52. The maximum absolute atomic E-state index is 13.5. The van der Waals surface area contributed by atoms with Crippen molar-refractivity contribution >= 4 is 10.0 Å². The summed E-state index contributed by atoms with van der Waals surface area (Å²) in [5.74, 6) is -0.866. The van der Waals surface area contributed by atoms with Gasteiger partial charge in [0.05, 0.1) is 17.3 Å². The molecule has 0 aromatic rings. The maximum atomic E-state index is 13.5. The Kier molecular flexibility index (Phi) is 5.57. The number of hydrazine groups is 2. The van der Waals surface area contributed by atoms with Crippen LogP contribution in [-0.4, -0.2) is 91.7 Å². The molecule has 4 heterocycles. The zero-order valence-corrected chi connectivity index (χ0v) is 17.8. The van der Waals surface area contributed by atoms with Gasteiger partial charge >= 0.3 is 6.18 Å². The fraction of sp³-hybridized carbons (Fsp3) is 1.00. The molecular weight excluding hydrogens is 421 g/mol. The van der Waals surface area contributed by atoms with E-state index >= 15 is 0 Å². The second kappa shape index (κ2) is 7.82. The molecule has 3 N–H and O–H groups in total. The van der Waals surface area contributed by atoms with Crippen molar-refractivity contribution in [1.29, 1.82) is 0 Å². The van der Waals surface area contributed by atoms with Gasteiger partial charge in [0.2, 0.25) is 10.0 Å². The zero-order chi connectivity index (χ0) is 21.1. The quantitative estimate of drug-likeness (QED) is 0.559. The lowest BCUT2D eigenvalue weighted by molar-refractivity contribution is -0.167. The molecule has 6 unspecified atom stereocenters. The molecule has 0 amide bonds. The number of alkyl halides is 3. The SMILES string of the molecule is O=S(=O)(C1CCC(N2CC(C(F)(F)F)CN2)NC1)N1CCN2NCC3CCCC1C32. The summed E-state index contributed by atoms with van der Waals surface area (Å²) in [4.78, 5) is 0. The van der Waals surface area contributed by atoms with Crippen LogP contribution in [0.5, 0.6) is 0 Å². The first kappa shape index (κ1) is 21.4. The van der Waals surface area contributed by atoms with E-state index in [-0.39, 0.29) is 37.9 Å². The smallest absolute Gasteiger partial charge is 0.299 e. The summed E-state index contributed by atoms with van der Waals surface area (Å²) in [6.07, 6.45) is -0.395. The normalized spacial score (nSPS) is 41.8. The van der Waals surface area contributed by atoms with Gasteiger partial charge in [0.15, 0.2) is 0 Å². The number of nitrogens with zero attached hydrogens (tertiary/aromatic N) is 3. The van der Waals surface area contributed by atoms with Crippen LogP contribution in [0, 0.1) is 11.8 Å². The zero-order valence-electron chi connectivity index (χ0n) is 16.9. The van der Waals surface area contributed by atoms with Gasteiger partial charge in [-0.25, -0.2) is 18.4 Å². The number of rotatable bonds is 3. The summed E-state index contributed by atoms with van der Waals surface area (Å²) < 4.78 is 67.6. The predicted molar refractivity (Wildman–Crippen MR) is 104 cm³/mol. The van der Waals surface area contributed by atoms with Crippen LogP contribution in [0.25, 0.3) is 0 Å². The van der Waals surface area contributed by atoms with Gasteiger partial charge in [-0.2, -0.15) is 17.5 Å². The molecule has 172 valence electrons. The molecule has 12 heteroatoms. The van der Waals surface area contributed by atoms with Gasteiger partial charge in [0.1, 0.15) is 0 Å². The Bertz CT molecular complexity index is 739. The van der Waals surface area contributed by atoms with Crippen molar-refractivity contribution in [3.05, 3.63) is 0 Å². The number of sulfonamides is 1. The summed E-state index contributed by atoms with van der Waals surface area (Å²) in [5, 5.41) is 6.51. The molecule has 6 atom stereocenters. The van der Waals surface area contributed by atoms with Gasteiger partial charge in [0, 0.05) is 51.4 Å². The summed E-state index contributed by atoms with van der Waals surface area (Å²) in [5.41, 5.74) is 6.27. The van der Waals surface area contributed by atoms with Crippen LogP contribution in [-0.2, 0) is 10.0 Å². The average Bonchev–Trinajstić information content (AvgIpc) is 3.37. The van der Waals surface area contributed by atoms with Crippen LogP contribution < -0.4 is 16.2 Å². The van der Waals surface area contributed by atoms with Gasteiger partial charge in [0.25, 0.3) is 0 Å². The first-order chi connectivity index (χ1) is 14.2. The van der Waals surface area contributed by atoms with Crippen molar-refractivity contribution in [3.8, 4) is 0 Å². The van der Waals surface area contributed by atoms with Gasteiger partial charge in [-0.15, -0.1) is 0 Å². The van der Waals surface area contributed by atoms with Gasteiger partial charge in [-0.3, -0.25) is 16.2 Å². The number of piperazine rings is 1. The lowest BCUT2D eigenvalue weighted by Gasteiger charge is -2.48. The van der Waals surface area contributed by atoms with Crippen LogP contribution in [0.2, 0.25) is 0 Å². The Morgan fingerprint density at radius 3 is 2.40 bits per heavy atom.